The summed E-state index contributed by atoms with van der Waals surface area (Å²) in [6, 6.07) is 6.56. The van der Waals surface area contributed by atoms with Gasteiger partial charge in [0.05, 0.1) is 13.4 Å². The molecule has 0 saturated carbocycles. The molecule has 0 fully saturated rings. The molecule has 0 unspecified atom stereocenters. The van der Waals surface area contributed by atoms with Gasteiger partial charge in [0.2, 0.25) is 0 Å². The van der Waals surface area contributed by atoms with Gasteiger partial charge in [-0.3, -0.25) is 10.1 Å². The second-order valence-corrected chi connectivity index (χ2v) is 8.32. The fourth-order valence-electron chi connectivity index (χ4n) is 1.62. The third kappa shape index (κ3) is 3.79. The molecular weight excluding hydrogens is 342 g/mol. The van der Waals surface area contributed by atoms with E-state index in [1.807, 2.05) is 12.2 Å². The monoisotopic (exact) mass is 351 g/mol. The Morgan fingerprint density at radius 1 is 0.952 bits per heavy atom. The molecule has 0 amide bonds. The van der Waals surface area contributed by atoms with E-state index in [0.29, 0.717) is 0 Å². The lowest BCUT2D eigenvalue weighted by molar-refractivity contribution is -0.384. The minimum Gasteiger partial charge on any atom is -0.258 e. The number of rotatable bonds is 3. The molecule has 1 aromatic rings. The molecule has 0 aromatic heterocycles. The summed E-state index contributed by atoms with van der Waals surface area (Å²) in [5.74, 6) is 0. The van der Waals surface area contributed by atoms with E-state index >= 15 is 0 Å². The first-order valence-electron chi connectivity index (χ1n) is 5.92. The molecule has 2 heterocycles. The number of allylic oxidation sites excluding steroid dienone is 1. The van der Waals surface area contributed by atoms with Crippen molar-refractivity contribution in [2.45, 2.75) is 0 Å². The zero-order valence-electron chi connectivity index (χ0n) is 10.6. The number of hydrogen-bond acceptors (Lipinski definition) is 6. The topological polar surface area (TPSA) is 43.1 Å². The van der Waals surface area contributed by atoms with Crippen molar-refractivity contribution in [3.05, 3.63) is 75.6 Å². The van der Waals surface area contributed by atoms with E-state index in [4.69, 9.17) is 0 Å². The summed E-state index contributed by atoms with van der Waals surface area (Å²) in [6.45, 7) is 0. The Bertz CT molecular complexity index is 679. The van der Waals surface area contributed by atoms with E-state index in [0.717, 1.165) is 5.56 Å². The SMILES string of the molecule is O=[N+]([O-])c1ccc(/C=C/C2=CSC(=C3SC=CS3)S2)cc1. The molecule has 0 spiro atoms. The third-order valence-electron chi connectivity index (χ3n) is 2.61. The third-order valence-corrected chi connectivity index (χ3v) is 7.61. The Labute approximate surface area is 139 Å². The van der Waals surface area contributed by atoms with Crippen molar-refractivity contribution in [3.8, 4) is 0 Å². The maximum atomic E-state index is 10.6. The van der Waals surface area contributed by atoms with Crippen molar-refractivity contribution >= 4 is 58.8 Å². The Morgan fingerprint density at radius 3 is 2.33 bits per heavy atom. The number of benzene rings is 1. The minimum atomic E-state index is -0.386. The molecule has 21 heavy (non-hydrogen) atoms. The Kier molecular flexibility index (Phi) is 4.84. The first-order valence-corrected chi connectivity index (χ1v) is 9.38. The van der Waals surface area contributed by atoms with Crippen LogP contribution in [-0.2, 0) is 0 Å². The molecule has 3 rings (SSSR count). The maximum absolute atomic E-state index is 10.6. The summed E-state index contributed by atoms with van der Waals surface area (Å²) in [5, 5.41) is 16.9. The van der Waals surface area contributed by atoms with Gasteiger partial charge in [0.15, 0.2) is 0 Å². The van der Waals surface area contributed by atoms with Gasteiger partial charge in [0.25, 0.3) is 5.69 Å². The Balaban J connectivity index is 1.64. The minimum absolute atomic E-state index is 0.118. The van der Waals surface area contributed by atoms with Gasteiger partial charge in [0, 0.05) is 17.0 Å². The number of nitro groups is 1. The van der Waals surface area contributed by atoms with Gasteiger partial charge >= 0.3 is 0 Å². The summed E-state index contributed by atoms with van der Waals surface area (Å²) in [7, 11) is 0. The summed E-state index contributed by atoms with van der Waals surface area (Å²) < 4.78 is 2.65. The van der Waals surface area contributed by atoms with Crippen molar-refractivity contribution in [3.63, 3.8) is 0 Å². The lowest BCUT2D eigenvalue weighted by Crippen LogP contribution is -1.86. The van der Waals surface area contributed by atoms with Gasteiger partial charge in [0.1, 0.15) is 0 Å². The zero-order chi connectivity index (χ0) is 14.7. The predicted octanol–water partition coefficient (Wildman–Crippen LogP) is 6.01. The fraction of sp³-hybridized carbons (Fsp3) is 0. The lowest BCUT2D eigenvalue weighted by Gasteiger charge is -1.99. The summed E-state index contributed by atoms with van der Waals surface area (Å²) in [4.78, 5) is 11.4. The van der Waals surface area contributed by atoms with Crippen LogP contribution in [0.15, 0.2) is 59.9 Å². The molecule has 7 heteroatoms. The molecule has 2 aliphatic rings. The van der Waals surface area contributed by atoms with Crippen molar-refractivity contribution in [2.24, 2.45) is 0 Å². The van der Waals surface area contributed by atoms with Crippen LogP contribution in [-0.4, -0.2) is 4.92 Å². The van der Waals surface area contributed by atoms with Crippen LogP contribution in [0.25, 0.3) is 6.08 Å². The van der Waals surface area contributed by atoms with E-state index in [1.165, 1.54) is 25.5 Å². The van der Waals surface area contributed by atoms with Gasteiger partial charge in [-0.25, -0.2) is 0 Å². The number of nitrogens with zero attached hydrogens (tertiary/aromatic N) is 1. The number of nitro benzene ring substituents is 1. The fourth-order valence-corrected chi connectivity index (χ4v) is 5.97. The van der Waals surface area contributed by atoms with Gasteiger partial charge in [-0.1, -0.05) is 53.1 Å². The average Bonchev–Trinajstić information content (AvgIpc) is 3.16. The van der Waals surface area contributed by atoms with Crippen LogP contribution < -0.4 is 0 Å². The van der Waals surface area contributed by atoms with Gasteiger partial charge in [-0.15, -0.1) is 0 Å². The molecule has 0 bridgehead atoms. The first-order chi connectivity index (χ1) is 10.2. The molecule has 0 atom stereocenters. The summed E-state index contributed by atoms with van der Waals surface area (Å²) in [6.07, 6.45) is 4.02. The maximum Gasteiger partial charge on any atom is 0.269 e. The summed E-state index contributed by atoms with van der Waals surface area (Å²) in [5.41, 5.74) is 1.08. The van der Waals surface area contributed by atoms with E-state index in [1.54, 1.807) is 59.2 Å². The molecule has 0 saturated heterocycles. The van der Waals surface area contributed by atoms with Gasteiger partial charge in [-0.2, -0.15) is 0 Å². The lowest BCUT2D eigenvalue weighted by atomic mass is 10.2. The number of thioether (sulfide) groups is 4. The number of non-ortho nitro benzene ring substituents is 1. The van der Waals surface area contributed by atoms with Crippen LogP contribution in [0.3, 0.4) is 0 Å². The predicted molar refractivity (Wildman–Crippen MR) is 96.7 cm³/mol. The highest BCUT2D eigenvalue weighted by molar-refractivity contribution is 8.33. The Morgan fingerprint density at radius 2 is 1.67 bits per heavy atom. The smallest absolute Gasteiger partial charge is 0.258 e. The van der Waals surface area contributed by atoms with Crippen LogP contribution >= 0.6 is 47.0 Å². The molecule has 1 aromatic carbocycles. The molecule has 106 valence electrons. The standard InChI is InChI=1S/C14H9NO2S4/c16-15(17)11-4-1-10(2-5-11)3-6-12-9-20-14(21-12)13-18-7-8-19-13/h1-9H/b6-3+. The second-order valence-electron chi connectivity index (χ2n) is 4.00. The number of hydrogen-bond donors (Lipinski definition) is 0. The van der Waals surface area contributed by atoms with Crippen molar-refractivity contribution in [1.29, 1.82) is 0 Å². The normalized spacial score (nSPS) is 17.8. The van der Waals surface area contributed by atoms with Crippen LogP contribution in [0.1, 0.15) is 5.56 Å². The van der Waals surface area contributed by atoms with E-state index < -0.39 is 0 Å². The largest absolute Gasteiger partial charge is 0.269 e. The summed E-state index contributed by atoms with van der Waals surface area (Å²) >= 11 is 7.03. The molecule has 3 nitrogen and oxygen atoms in total. The van der Waals surface area contributed by atoms with Gasteiger partial charge in [-0.05, 0) is 40.0 Å². The van der Waals surface area contributed by atoms with Crippen LogP contribution in [0, 0.1) is 10.1 Å². The molecule has 0 N–H and O–H groups in total. The zero-order valence-corrected chi connectivity index (χ0v) is 13.9. The quantitative estimate of drug-likeness (QED) is 0.491. The van der Waals surface area contributed by atoms with Crippen LogP contribution in [0.4, 0.5) is 5.69 Å². The van der Waals surface area contributed by atoms with Crippen LogP contribution in [0.2, 0.25) is 0 Å². The first kappa shape index (κ1) is 14.9. The van der Waals surface area contributed by atoms with Crippen LogP contribution in [0.5, 0.6) is 0 Å². The van der Waals surface area contributed by atoms with Crippen molar-refractivity contribution in [2.75, 3.05) is 0 Å². The molecule has 0 aliphatic carbocycles. The van der Waals surface area contributed by atoms with E-state index in [2.05, 4.69) is 16.2 Å². The highest BCUT2D eigenvalue weighted by Crippen LogP contribution is 2.53. The molecular formula is C14H9NO2S4. The highest BCUT2D eigenvalue weighted by Gasteiger charge is 2.17. The Hall–Kier alpha value is -1.02. The second kappa shape index (κ2) is 6.83. The average molecular weight is 351 g/mol. The highest BCUT2D eigenvalue weighted by atomic mass is 32.2. The van der Waals surface area contributed by atoms with Gasteiger partial charge < -0.3 is 0 Å². The molecule has 2 aliphatic heterocycles. The van der Waals surface area contributed by atoms with Crippen molar-refractivity contribution in [1.82, 2.24) is 0 Å². The van der Waals surface area contributed by atoms with E-state index in [9.17, 15) is 10.1 Å². The van der Waals surface area contributed by atoms with E-state index in [-0.39, 0.29) is 10.6 Å². The van der Waals surface area contributed by atoms with Crippen molar-refractivity contribution < 1.29 is 4.92 Å². The molecule has 0 radical (unpaired) electrons.